The van der Waals surface area contributed by atoms with E-state index in [2.05, 4.69) is 30.5 Å². The van der Waals surface area contributed by atoms with Crippen molar-refractivity contribution in [1.82, 2.24) is 25.2 Å². The van der Waals surface area contributed by atoms with Crippen LogP contribution in [0.5, 0.6) is 0 Å². The number of aryl methyl sites for hydroxylation is 1. The smallest absolute Gasteiger partial charge is 0.257 e. The molecule has 1 unspecified atom stereocenters. The van der Waals surface area contributed by atoms with Crippen molar-refractivity contribution in [2.45, 2.75) is 32.2 Å². The molecule has 174 valence electrons. The molecule has 2 aliphatic rings. The van der Waals surface area contributed by atoms with Crippen molar-refractivity contribution in [1.29, 1.82) is 0 Å². The van der Waals surface area contributed by atoms with E-state index < -0.39 is 0 Å². The van der Waals surface area contributed by atoms with Gasteiger partial charge in [0.25, 0.3) is 5.91 Å². The van der Waals surface area contributed by atoms with Crippen molar-refractivity contribution in [3.05, 3.63) is 42.0 Å². The van der Waals surface area contributed by atoms with Gasteiger partial charge in [0.15, 0.2) is 0 Å². The van der Waals surface area contributed by atoms with Gasteiger partial charge in [-0.3, -0.25) is 14.6 Å². The Bertz CT molecular complexity index is 1210. The third-order valence-electron chi connectivity index (χ3n) is 6.62. The lowest BCUT2D eigenvalue weighted by molar-refractivity contribution is -0.131. The molecule has 5 heterocycles. The summed E-state index contributed by atoms with van der Waals surface area (Å²) >= 11 is 0. The summed E-state index contributed by atoms with van der Waals surface area (Å²) in [7, 11) is 6.38. The molecular formula is C24H28BN7O2. The van der Waals surface area contributed by atoms with Gasteiger partial charge in [-0.25, -0.2) is 4.98 Å². The zero-order chi connectivity index (χ0) is 23.7. The van der Waals surface area contributed by atoms with Crippen LogP contribution in [0.2, 0.25) is 0 Å². The Labute approximate surface area is 199 Å². The monoisotopic (exact) mass is 457 g/mol. The van der Waals surface area contributed by atoms with Crippen molar-refractivity contribution >= 4 is 47.5 Å². The van der Waals surface area contributed by atoms with Crippen molar-refractivity contribution in [3.8, 4) is 0 Å². The molecule has 3 N–H and O–H groups in total. The number of carbonyl (C=O) groups excluding carboxylic acids is 2. The summed E-state index contributed by atoms with van der Waals surface area (Å²) in [6.07, 6.45) is 9.38. The summed E-state index contributed by atoms with van der Waals surface area (Å²) in [5, 5.41) is 7.15. The maximum atomic E-state index is 12.9. The first-order valence-corrected chi connectivity index (χ1v) is 11.7. The quantitative estimate of drug-likeness (QED) is 0.496. The lowest BCUT2D eigenvalue weighted by Gasteiger charge is -2.37. The fourth-order valence-corrected chi connectivity index (χ4v) is 4.86. The first-order chi connectivity index (χ1) is 16.5. The van der Waals surface area contributed by atoms with Crippen LogP contribution >= 0.6 is 0 Å². The molecule has 0 aromatic carbocycles. The fraction of sp³-hybridized carbons (Fsp3) is 0.417. The van der Waals surface area contributed by atoms with E-state index in [0.717, 1.165) is 36.0 Å². The van der Waals surface area contributed by atoms with Gasteiger partial charge in [-0.05, 0) is 37.9 Å². The zero-order valence-electron chi connectivity index (χ0n) is 19.3. The van der Waals surface area contributed by atoms with Crippen LogP contribution in [0.1, 0.15) is 35.2 Å². The average molecular weight is 457 g/mol. The molecule has 3 aromatic rings. The van der Waals surface area contributed by atoms with Gasteiger partial charge in [0.1, 0.15) is 13.5 Å². The molecule has 9 nitrogen and oxygen atoms in total. The summed E-state index contributed by atoms with van der Waals surface area (Å²) in [6, 6.07) is 2.10. The normalized spacial score (nSPS) is 18.4. The Hall–Kier alpha value is -3.40. The Morgan fingerprint density at radius 3 is 2.76 bits per heavy atom. The Morgan fingerprint density at radius 1 is 1.21 bits per heavy atom. The summed E-state index contributed by atoms with van der Waals surface area (Å²) in [5.41, 5.74) is 4.02. The second kappa shape index (κ2) is 9.46. The van der Waals surface area contributed by atoms with Crippen LogP contribution in [-0.4, -0.2) is 78.3 Å². The molecule has 2 fully saturated rings. The van der Waals surface area contributed by atoms with Crippen LogP contribution in [0.3, 0.4) is 0 Å². The van der Waals surface area contributed by atoms with Gasteiger partial charge < -0.3 is 25.4 Å². The van der Waals surface area contributed by atoms with Gasteiger partial charge in [-0.1, -0.05) is 5.46 Å². The second-order valence-corrected chi connectivity index (χ2v) is 9.06. The van der Waals surface area contributed by atoms with Gasteiger partial charge >= 0.3 is 0 Å². The molecule has 0 aliphatic carbocycles. The first kappa shape index (κ1) is 22.4. The highest BCUT2D eigenvalue weighted by Crippen LogP contribution is 2.31. The lowest BCUT2D eigenvalue weighted by atomic mass is 9.93. The maximum absolute atomic E-state index is 12.9. The number of H-pyrrole nitrogens is 1. The summed E-state index contributed by atoms with van der Waals surface area (Å²) < 4.78 is 0. The molecule has 2 aliphatic heterocycles. The van der Waals surface area contributed by atoms with Gasteiger partial charge in [0.05, 0.1) is 16.6 Å². The van der Waals surface area contributed by atoms with Gasteiger partial charge in [0.2, 0.25) is 5.91 Å². The Balaban J connectivity index is 1.34. The number of nitrogens with one attached hydrogen (secondary N) is 3. The van der Waals surface area contributed by atoms with E-state index in [1.165, 1.54) is 0 Å². The summed E-state index contributed by atoms with van der Waals surface area (Å²) in [4.78, 5) is 41.4. The fourth-order valence-electron chi connectivity index (χ4n) is 4.86. The van der Waals surface area contributed by atoms with Gasteiger partial charge in [0, 0.05) is 69.1 Å². The van der Waals surface area contributed by atoms with E-state index in [1.54, 1.807) is 30.9 Å². The molecule has 2 saturated heterocycles. The molecule has 5 rings (SSSR count). The van der Waals surface area contributed by atoms with Gasteiger partial charge in [-0.2, -0.15) is 0 Å². The number of amides is 2. The van der Waals surface area contributed by atoms with Crippen molar-refractivity contribution in [2.75, 3.05) is 42.9 Å². The predicted molar refractivity (Wildman–Crippen MR) is 133 cm³/mol. The van der Waals surface area contributed by atoms with E-state index in [-0.39, 0.29) is 11.8 Å². The van der Waals surface area contributed by atoms with E-state index in [1.807, 2.05) is 11.8 Å². The highest BCUT2D eigenvalue weighted by atomic mass is 16.2. The van der Waals surface area contributed by atoms with Crippen molar-refractivity contribution in [3.63, 3.8) is 0 Å². The Morgan fingerprint density at radius 2 is 2.03 bits per heavy atom. The minimum atomic E-state index is -0.249. The SMILES string of the molecule is [B]c1cnc2[nH]cc(NC(=O)c3cncc(C)c3)c2c1N1CCN(C(=O)CC2CCCN2)CC1. The predicted octanol–water partition coefficient (Wildman–Crippen LogP) is 1.10. The largest absolute Gasteiger partial charge is 0.368 e. The lowest BCUT2D eigenvalue weighted by Crippen LogP contribution is -2.50. The van der Waals surface area contributed by atoms with Crippen LogP contribution in [-0.2, 0) is 4.79 Å². The second-order valence-electron chi connectivity index (χ2n) is 9.06. The summed E-state index contributed by atoms with van der Waals surface area (Å²) in [5.74, 6) is -0.0466. The minimum Gasteiger partial charge on any atom is -0.368 e. The third-order valence-corrected chi connectivity index (χ3v) is 6.62. The van der Waals surface area contributed by atoms with Crippen molar-refractivity contribution in [2.24, 2.45) is 0 Å². The molecule has 2 radical (unpaired) electrons. The third kappa shape index (κ3) is 4.50. The number of aromatic nitrogens is 3. The van der Waals surface area contributed by atoms with Crippen LogP contribution in [0, 0.1) is 6.92 Å². The maximum Gasteiger partial charge on any atom is 0.257 e. The number of piperazine rings is 1. The standard InChI is InChI=1S/C24H28BN7O2/c1-15-9-16(12-26-11-15)24(34)30-19-14-29-23-21(19)22(18(25)13-28-23)32-7-5-31(6-8-32)20(33)10-17-3-2-4-27-17/h9,11-14,17,27H,2-8,10H2,1H3,(H,28,29)(H,30,34). The number of fused-ring (bicyclic) bond motifs is 1. The van der Waals surface area contributed by atoms with Crippen LogP contribution in [0.25, 0.3) is 11.0 Å². The molecule has 0 bridgehead atoms. The molecule has 34 heavy (non-hydrogen) atoms. The van der Waals surface area contributed by atoms with E-state index >= 15 is 0 Å². The topological polar surface area (TPSA) is 106 Å². The number of anilines is 2. The van der Waals surface area contributed by atoms with E-state index in [9.17, 15) is 9.59 Å². The highest BCUT2D eigenvalue weighted by Gasteiger charge is 2.27. The molecule has 0 saturated carbocycles. The van der Waals surface area contributed by atoms with Crippen LogP contribution in [0.4, 0.5) is 11.4 Å². The van der Waals surface area contributed by atoms with E-state index in [0.29, 0.717) is 61.0 Å². The van der Waals surface area contributed by atoms with Crippen LogP contribution in [0.15, 0.2) is 30.9 Å². The zero-order valence-corrected chi connectivity index (χ0v) is 19.3. The highest BCUT2D eigenvalue weighted by molar-refractivity contribution is 6.38. The number of aromatic amines is 1. The Kier molecular flexibility index (Phi) is 6.23. The molecule has 0 spiro atoms. The molecule has 3 aromatic heterocycles. The molecule has 2 amide bonds. The van der Waals surface area contributed by atoms with Crippen LogP contribution < -0.4 is 21.0 Å². The average Bonchev–Trinajstić information content (AvgIpc) is 3.49. The summed E-state index contributed by atoms with van der Waals surface area (Å²) in [6.45, 7) is 5.48. The molecular weight excluding hydrogens is 429 g/mol. The number of pyridine rings is 2. The molecule has 10 heteroatoms. The number of carbonyl (C=O) groups is 2. The number of rotatable bonds is 5. The van der Waals surface area contributed by atoms with Gasteiger partial charge in [-0.15, -0.1) is 0 Å². The molecule has 1 atom stereocenters. The van der Waals surface area contributed by atoms with Crippen molar-refractivity contribution < 1.29 is 9.59 Å². The van der Waals surface area contributed by atoms with E-state index in [4.69, 9.17) is 7.85 Å². The number of nitrogens with zero attached hydrogens (tertiary/aromatic N) is 4. The number of hydrogen-bond donors (Lipinski definition) is 3. The number of hydrogen-bond acceptors (Lipinski definition) is 6. The minimum absolute atomic E-state index is 0.202. The first-order valence-electron chi connectivity index (χ1n) is 11.7.